The first-order valence-corrected chi connectivity index (χ1v) is 11.7. The number of pyridine rings is 1. The molecule has 8 nitrogen and oxygen atoms in total. The number of rotatable bonds is 6. The van der Waals surface area contributed by atoms with Gasteiger partial charge in [0.15, 0.2) is 6.04 Å². The fourth-order valence-corrected chi connectivity index (χ4v) is 5.31. The van der Waals surface area contributed by atoms with E-state index in [0.29, 0.717) is 12.6 Å². The number of nitrogens with one attached hydrogen (secondary N) is 2. The first-order valence-electron chi connectivity index (χ1n) is 11.7. The Morgan fingerprint density at radius 3 is 2.74 bits per heavy atom. The third kappa shape index (κ3) is 3.96. The molecule has 1 saturated carbocycles. The molecule has 31 heavy (non-hydrogen) atoms. The molecule has 2 fully saturated rings. The molecule has 1 aromatic carbocycles. The van der Waals surface area contributed by atoms with E-state index in [0.717, 1.165) is 66.8 Å². The lowest BCUT2D eigenvalue weighted by atomic mass is 9.95. The fourth-order valence-electron chi connectivity index (χ4n) is 5.31. The number of H-pyrrole nitrogens is 1. The summed E-state index contributed by atoms with van der Waals surface area (Å²) in [6.45, 7) is 4.64. The average molecular weight is 424 g/mol. The Hall–Kier alpha value is -2.74. The van der Waals surface area contributed by atoms with Gasteiger partial charge in [-0.2, -0.15) is 0 Å². The molecule has 3 aromatic rings. The van der Waals surface area contributed by atoms with Gasteiger partial charge in [-0.1, -0.05) is 19.3 Å². The molecule has 0 amide bonds. The number of tetrazole rings is 1. The number of benzene rings is 1. The number of likely N-dealkylation sites (tertiary alicyclic amines) is 1. The number of aromatic amines is 1. The molecule has 1 aliphatic heterocycles. The smallest absolute Gasteiger partial charge is 0.258 e. The van der Waals surface area contributed by atoms with Crippen molar-refractivity contribution in [2.24, 2.45) is 0 Å². The van der Waals surface area contributed by atoms with Gasteiger partial charge >= 0.3 is 0 Å². The molecule has 8 heteroatoms. The van der Waals surface area contributed by atoms with E-state index < -0.39 is 0 Å². The highest BCUT2D eigenvalue weighted by Crippen LogP contribution is 2.30. The van der Waals surface area contributed by atoms with E-state index in [2.05, 4.69) is 20.5 Å². The molecular formula is C23H31N6O2+. The lowest BCUT2D eigenvalue weighted by Crippen LogP contribution is -3.10. The van der Waals surface area contributed by atoms with Crippen molar-refractivity contribution in [3.63, 3.8) is 0 Å². The van der Waals surface area contributed by atoms with Crippen molar-refractivity contribution in [3.05, 3.63) is 46.0 Å². The maximum Gasteiger partial charge on any atom is 0.258 e. The number of aromatic nitrogens is 5. The predicted octanol–water partition coefficient (Wildman–Crippen LogP) is 2.19. The number of fused-ring (bicyclic) bond motifs is 1. The Morgan fingerprint density at radius 1 is 1.16 bits per heavy atom. The molecule has 3 heterocycles. The molecule has 1 saturated heterocycles. The molecule has 5 rings (SSSR count). The Balaban J connectivity index is 1.61. The lowest BCUT2D eigenvalue weighted by Gasteiger charge is -2.27. The van der Waals surface area contributed by atoms with E-state index in [1.807, 2.05) is 35.9 Å². The number of quaternary nitrogens is 1. The van der Waals surface area contributed by atoms with E-state index in [1.54, 1.807) is 0 Å². The summed E-state index contributed by atoms with van der Waals surface area (Å²) >= 11 is 0. The van der Waals surface area contributed by atoms with Gasteiger partial charge in [0.05, 0.1) is 31.3 Å². The van der Waals surface area contributed by atoms with Crippen LogP contribution in [0.5, 0.6) is 5.75 Å². The van der Waals surface area contributed by atoms with Gasteiger partial charge in [-0.15, -0.1) is 5.10 Å². The molecule has 0 bridgehead atoms. The largest absolute Gasteiger partial charge is 0.494 e. The Labute approximate surface area is 181 Å². The fraction of sp³-hybridized carbons (Fsp3) is 0.565. The summed E-state index contributed by atoms with van der Waals surface area (Å²) in [6, 6.07) is 7.99. The van der Waals surface area contributed by atoms with E-state index in [1.165, 1.54) is 24.2 Å². The zero-order chi connectivity index (χ0) is 21.2. The predicted molar refractivity (Wildman–Crippen MR) is 117 cm³/mol. The van der Waals surface area contributed by atoms with E-state index in [4.69, 9.17) is 4.74 Å². The van der Waals surface area contributed by atoms with Crippen LogP contribution in [-0.4, -0.2) is 44.9 Å². The van der Waals surface area contributed by atoms with Gasteiger partial charge in [0, 0.05) is 23.7 Å². The molecule has 0 spiro atoms. The topological polar surface area (TPSA) is 90.1 Å². The molecule has 0 unspecified atom stereocenters. The Bertz CT molecular complexity index is 1090. The van der Waals surface area contributed by atoms with E-state index in [9.17, 15) is 4.79 Å². The minimum Gasteiger partial charge on any atom is -0.494 e. The van der Waals surface area contributed by atoms with E-state index in [-0.39, 0.29) is 11.6 Å². The second-order valence-corrected chi connectivity index (χ2v) is 8.81. The van der Waals surface area contributed by atoms with Gasteiger partial charge in [-0.05, 0) is 54.5 Å². The Kier molecular flexibility index (Phi) is 5.72. The van der Waals surface area contributed by atoms with Crippen LogP contribution in [0.4, 0.5) is 0 Å². The standard InChI is InChI=1S/C23H30N6O2/c1-2-31-18-10-11-20-16(14-18)15-19(23(30)24-20)21(28-12-6-7-13-28)22-25-26-27-29(22)17-8-4-3-5-9-17/h10-11,14-15,17,21H,2-9,12-13H2,1H3,(H,24,30)/p+1/t21-/m1/s1. The van der Waals surface area contributed by atoms with Crippen molar-refractivity contribution >= 4 is 10.9 Å². The maximum absolute atomic E-state index is 13.2. The normalized spacial score (nSPS) is 19.1. The minimum absolute atomic E-state index is 0.0562. The van der Waals surface area contributed by atoms with Gasteiger partial charge in [0.25, 0.3) is 5.56 Å². The number of hydrogen-bond donors (Lipinski definition) is 2. The van der Waals surface area contributed by atoms with Crippen molar-refractivity contribution in [2.45, 2.75) is 64.0 Å². The van der Waals surface area contributed by atoms with Crippen LogP contribution in [-0.2, 0) is 0 Å². The summed E-state index contributed by atoms with van der Waals surface area (Å²) in [5.74, 6) is 1.64. The first kappa shape index (κ1) is 20.2. The van der Waals surface area contributed by atoms with Crippen LogP contribution in [0.2, 0.25) is 0 Å². The van der Waals surface area contributed by atoms with Crippen molar-refractivity contribution < 1.29 is 9.64 Å². The SMILES string of the molecule is CCOc1ccc2[nH]c(=O)c([C@H](c3nnnn3C3CCCCC3)[NH+]3CCCC3)cc2c1. The van der Waals surface area contributed by atoms with Gasteiger partial charge < -0.3 is 14.6 Å². The number of ether oxygens (including phenoxy) is 1. The van der Waals surface area contributed by atoms with Gasteiger partial charge in [-0.3, -0.25) is 4.79 Å². The second-order valence-electron chi connectivity index (χ2n) is 8.81. The van der Waals surface area contributed by atoms with Crippen molar-refractivity contribution in [3.8, 4) is 5.75 Å². The monoisotopic (exact) mass is 423 g/mol. The average Bonchev–Trinajstić information content (AvgIpc) is 3.48. The molecule has 0 radical (unpaired) electrons. The van der Waals surface area contributed by atoms with Crippen LogP contribution < -0.4 is 15.2 Å². The van der Waals surface area contributed by atoms with Crippen molar-refractivity contribution in [1.29, 1.82) is 0 Å². The van der Waals surface area contributed by atoms with Crippen LogP contribution in [0.15, 0.2) is 29.1 Å². The summed E-state index contributed by atoms with van der Waals surface area (Å²) < 4.78 is 7.70. The number of nitrogens with zero attached hydrogens (tertiary/aromatic N) is 4. The highest BCUT2D eigenvalue weighted by molar-refractivity contribution is 5.80. The van der Waals surface area contributed by atoms with Gasteiger partial charge in [-0.25, -0.2) is 4.68 Å². The van der Waals surface area contributed by atoms with Gasteiger partial charge in [0.2, 0.25) is 5.82 Å². The summed E-state index contributed by atoms with van der Waals surface area (Å²) in [5.41, 5.74) is 1.50. The molecule has 2 aromatic heterocycles. The second kappa shape index (κ2) is 8.78. The summed E-state index contributed by atoms with van der Waals surface area (Å²) in [7, 11) is 0. The molecule has 164 valence electrons. The quantitative estimate of drug-likeness (QED) is 0.634. The minimum atomic E-state index is -0.164. The zero-order valence-corrected chi connectivity index (χ0v) is 18.1. The number of hydrogen-bond acceptors (Lipinski definition) is 5. The van der Waals surface area contributed by atoms with Crippen LogP contribution in [0, 0.1) is 0 Å². The molecule has 1 aliphatic carbocycles. The highest BCUT2D eigenvalue weighted by atomic mass is 16.5. The first-order chi connectivity index (χ1) is 15.2. The summed E-state index contributed by atoms with van der Waals surface area (Å²) in [6.07, 6.45) is 8.23. The van der Waals surface area contributed by atoms with E-state index >= 15 is 0 Å². The summed E-state index contributed by atoms with van der Waals surface area (Å²) in [5, 5.41) is 13.9. The van der Waals surface area contributed by atoms with Crippen LogP contribution in [0.25, 0.3) is 10.9 Å². The Morgan fingerprint density at radius 2 is 1.97 bits per heavy atom. The third-order valence-electron chi connectivity index (χ3n) is 6.82. The third-order valence-corrected chi connectivity index (χ3v) is 6.82. The lowest BCUT2D eigenvalue weighted by molar-refractivity contribution is -0.914. The van der Waals surface area contributed by atoms with Crippen LogP contribution in [0.1, 0.15) is 75.3 Å². The van der Waals surface area contributed by atoms with Crippen LogP contribution in [0.3, 0.4) is 0 Å². The van der Waals surface area contributed by atoms with Crippen LogP contribution >= 0.6 is 0 Å². The summed E-state index contributed by atoms with van der Waals surface area (Å²) in [4.78, 5) is 17.7. The maximum atomic E-state index is 13.2. The molecule has 1 atom stereocenters. The van der Waals surface area contributed by atoms with Crippen molar-refractivity contribution in [1.82, 2.24) is 25.2 Å². The molecule has 2 N–H and O–H groups in total. The highest BCUT2D eigenvalue weighted by Gasteiger charge is 2.37. The zero-order valence-electron chi connectivity index (χ0n) is 18.1. The van der Waals surface area contributed by atoms with Crippen molar-refractivity contribution in [2.75, 3.05) is 19.7 Å². The van der Waals surface area contributed by atoms with Gasteiger partial charge in [0.1, 0.15) is 5.75 Å². The molecule has 2 aliphatic rings. The molecular weight excluding hydrogens is 392 g/mol.